The van der Waals surface area contributed by atoms with Gasteiger partial charge in [-0.25, -0.2) is 0 Å². The third kappa shape index (κ3) is 2.62. The molecule has 0 amide bonds. The third-order valence-corrected chi connectivity index (χ3v) is 5.15. The molecule has 0 aromatic rings. The molecule has 2 fully saturated rings. The number of thiocarbonyl (C=S) groups is 1. The number of carbonyl (C=O) groups is 1. The molecule has 0 aromatic carbocycles. The molecule has 0 bridgehead atoms. The summed E-state index contributed by atoms with van der Waals surface area (Å²) in [5.74, 6) is 0.936. The van der Waals surface area contributed by atoms with E-state index < -0.39 is 0 Å². The van der Waals surface area contributed by atoms with E-state index in [4.69, 9.17) is 12.2 Å². The summed E-state index contributed by atoms with van der Waals surface area (Å²) < 4.78 is 0. The van der Waals surface area contributed by atoms with Crippen LogP contribution in [0.2, 0.25) is 0 Å². The summed E-state index contributed by atoms with van der Waals surface area (Å²) in [5.41, 5.74) is 0.991. The van der Waals surface area contributed by atoms with Gasteiger partial charge in [-0.15, -0.1) is 0 Å². The van der Waals surface area contributed by atoms with Gasteiger partial charge in [0.25, 0.3) is 0 Å². The fourth-order valence-electron chi connectivity index (χ4n) is 4.09. The summed E-state index contributed by atoms with van der Waals surface area (Å²) in [6.07, 6.45) is 9.22. The number of carbonyl (C=O) groups excluding carboxylic acids is 1. The summed E-state index contributed by atoms with van der Waals surface area (Å²) in [4.78, 5) is 12.6. The van der Waals surface area contributed by atoms with Crippen molar-refractivity contribution in [2.24, 2.45) is 17.3 Å². The molecule has 2 aliphatic carbocycles. The van der Waals surface area contributed by atoms with Crippen molar-refractivity contribution in [1.82, 2.24) is 10.6 Å². The van der Waals surface area contributed by atoms with E-state index >= 15 is 0 Å². The molecular formula is C16H24N2OS. The predicted molar refractivity (Wildman–Crippen MR) is 84.2 cm³/mol. The van der Waals surface area contributed by atoms with Gasteiger partial charge in [0.2, 0.25) is 0 Å². The van der Waals surface area contributed by atoms with Crippen LogP contribution in [0.25, 0.3) is 0 Å². The van der Waals surface area contributed by atoms with Gasteiger partial charge in [-0.2, -0.15) is 0 Å². The van der Waals surface area contributed by atoms with Gasteiger partial charge >= 0.3 is 0 Å². The molecule has 1 saturated heterocycles. The normalized spacial score (nSPS) is 33.8. The largest absolute Gasteiger partial charge is 0.358 e. The minimum absolute atomic E-state index is 0.0159. The van der Waals surface area contributed by atoms with Crippen molar-refractivity contribution in [3.8, 4) is 0 Å². The van der Waals surface area contributed by atoms with Crippen LogP contribution < -0.4 is 10.6 Å². The Kier molecular flexibility index (Phi) is 3.61. The van der Waals surface area contributed by atoms with E-state index in [1.807, 2.05) is 0 Å². The van der Waals surface area contributed by atoms with E-state index in [1.54, 1.807) is 0 Å². The molecule has 2 N–H and O–H groups in total. The third-order valence-electron chi connectivity index (χ3n) is 4.93. The van der Waals surface area contributed by atoms with E-state index in [0.29, 0.717) is 23.2 Å². The second-order valence-corrected chi connectivity index (χ2v) is 7.64. The van der Waals surface area contributed by atoms with E-state index in [9.17, 15) is 4.79 Å². The van der Waals surface area contributed by atoms with Crippen molar-refractivity contribution in [2.75, 3.05) is 0 Å². The van der Waals surface area contributed by atoms with E-state index in [-0.39, 0.29) is 17.4 Å². The van der Waals surface area contributed by atoms with Crippen LogP contribution in [-0.4, -0.2) is 16.9 Å². The van der Waals surface area contributed by atoms with Crippen molar-refractivity contribution >= 4 is 23.1 Å². The van der Waals surface area contributed by atoms with Crippen LogP contribution in [-0.2, 0) is 4.79 Å². The lowest BCUT2D eigenvalue weighted by Gasteiger charge is -2.44. The highest BCUT2D eigenvalue weighted by atomic mass is 32.1. The zero-order chi connectivity index (χ0) is 14.3. The number of allylic oxidation sites excluding steroid dienone is 1. The Hall–Kier alpha value is -0.900. The molecule has 1 heterocycles. The Labute approximate surface area is 126 Å². The maximum absolute atomic E-state index is 12.6. The lowest BCUT2D eigenvalue weighted by atomic mass is 9.68. The standard InChI is InChI=1S/C16H24N2OS/c1-16(2)8-11-13(12(19)9-16)14(18-15(20)17-11)10-6-4-3-5-7-10/h8,10,13-14H,3-7,9H2,1-2H3,(H2,17,18,20). The van der Waals surface area contributed by atoms with Crippen LogP contribution in [0.1, 0.15) is 52.4 Å². The molecule has 1 saturated carbocycles. The van der Waals surface area contributed by atoms with Crippen LogP contribution in [0.4, 0.5) is 0 Å². The average molecular weight is 292 g/mol. The Morgan fingerprint density at radius 1 is 1.25 bits per heavy atom. The molecule has 110 valence electrons. The SMILES string of the molecule is CC1(C)C=C2NC(=S)NC(C3CCCCC3)C2C(=O)C1. The number of rotatable bonds is 1. The van der Waals surface area contributed by atoms with Crippen LogP contribution in [0.3, 0.4) is 0 Å². The second-order valence-electron chi connectivity index (χ2n) is 7.23. The van der Waals surface area contributed by atoms with E-state index in [1.165, 1.54) is 32.1 Å². The van der Waals surface area contributed by atoms with Crippen molar-refractivity contribution in [1.29, 1.82) is 0 Å². The molecule has 3 rings (SSSR count). The minimum atomic E-state index is -0.0556. The lowest BCUT2D eigenvalue weighted by Crippen LogP contribution is -2.60. The molecule has 0 radical (unpaired) electrons. The van der Waals surface area contributed by atoms with Crippen molar-refractivity contribution in [2.45, 2.75) is 58.4 Å². The average Bonchev–Trinajstić information content (AvgIpc) is 2.36. The van der Waals surface area contributed by atoms with Crippen LogP contribution >= 0.6 is 12.2 Å². The van der Waals surface area contributed by atoms with Crippen molar-refractivity contribution in [3.63, 3.8) is 0 Å². The summed E-state index contributed by atoms with van der Waals surface area (Å²) >= 11 is 5.36. The molecule has 4 heteroatoms. The van der Waals surface area contributed by atoms with Gasteiger partial charge in [-0.3, -0.25) is 4.79 Å². The Bertz CT molecular complexity index is 463. The van der Waals surface area contributed by atoms with Gasteiger partial charge < -0.3 is 10.6 Å². The topological polar surface area (TPSA) is 41.1 Å². The van der Waals surface area contributed by atoms with E-state index in [0.717, 1.165) is 5.70 Å². The van der Waals surface area contributed by atoms with Gasteiger partial charge in [0.15, 0.2) is 5.11 Å². The molecule has 0 spiro atoms. The van der Waals surface area contributed by atoms with Crippen molar-refractivity contribution < 1.29 is 4.79 Å². The number of hydrogen-bond acceptors (Lipinski definition) is 2. The molecule has 0 aromatic heterocycles. The first-order chi connectivity index (χ1) is 9.46. The number of ketones is 1. The molecule has 2 atom stereocenters. The highest BCUT2D eigenvalue weighted by molar-refractivity contribution is 7.80. The predicted octanol–water partition coefficient (Wildman–Crippen LogP) is 2.91. The first-order valence-corrected chi connectivity index (χ1v) is 8.20. The van der Waals surface area contributed by atoms with Crippen LogP contribution in [0.5, 0.6) is 0 Å². The van der Waals surface area contributed by atoms with Gasteiger partial charge in [-0.1, -0.05) is 39.2 Å². The zero-order valence-electron chi connectivity index (χ0n) is 12.4. The summed E-state index contributed by atoms with van der Waals surface area (Å²) in [6.45, 7) is 4.24. The van der Waals surface area contributed by atoms with Crippen molar-refractivity contribution in [3.05, 3.63) is 11.8 Å². The maximum Gasteiger partial charge on any atom is 0.170 e. The van der Waals surface area contributed by atoms with Crippen LogP contribution in [0, 0.1) is 17.3 Å². The molecule has 1 aliphatic heterocycles. The number of nitrogens with one attached hydrogen (secondary N) is 2. The maximum atomic E-state index is 12.6. The van der Waals surface area contributed by atoms with E-state index in [2.05, 4.69) is 30.6 Å². The van der Waals surface area contributed by atoms with Gasteiger partial charge in [-0.05, 0) is 36.4 Å². The smallest absolute Gasteiger partial charge is 0.170 e. The zero-order valence-corrected chi connectivity index (χ0v) is 13.2. The highest BCUT2D eigenvalue weighted by Gasteiger charge is 2.44. The summed E-state index contributed by atoms with van der Waals surface area (Å²) in [7, 11) is 0. The first-order valence-electron chi connectivity index (χ1n) is 7.79. The molecule has 20 heavy (non-hydrogen) atoms. The molecule has 2 unspecified atom stereocenters. The van der Waals surface area contributed by atoms with Gasteiger partial charge in [0.05, 0.1) is 5.92 Å². The van der Waals surface area contributed by atoms with Gasteiger partial charge in [0, 0.05) is 18.2 Å². The summed E-state index contributed by atoms with van der Waals surface area (Å²) in [6, 6.07) is 0.207. The Morgan fingerprint density at radius 2 is 1.95 bits per heavy atom. The first kappa shape index (κ1) is 14.1. The number of Topliss-reactive ketones (excluding diaryl/α,β-unsaturated/α-hetero) is 1. The highest BCUT2D eigenvalue weighted by Crippen LogP contribution is 2.40. The minimum Gasteiger partial charge on any atom is -0.358 e. The molecular weight excluding hydrogens is 268 g/mol. The fraction of sp³-hybridized carbons (Fsp3) is 0.750. The van der Waals surface area contributed by atoms with Crippen LogP contribution in [0.15, 0.2) is 11.8 Å². The fourth-order valence-corrected chi connectivity index (χ4v) is 4.34. The monoisotopic (exact) mass is 292 g/mol. The van der Waals surface area contributed by atoms with Gasteiger partial charge in [0.1, 0.15) is 5.78 Å². The Balaban J connectivity index is 1.90. The molecule has 3 nitrogen and oxygen atoms in total. The summed E-state index contributed by atoms with van der Waals surface area (Å²) in [5, 5.41) is 7.32. The lowest BCUT2D eigenvalue weighted by molar-refractivity contribution is -0.125. The number of fused-ring (bicyclic) bond motifs is 1. The Morgan fingerprint density at radius 3 is 2.65 bits per heavy atom. The number of hydrogen-bond donors (Lipinski definition) is 2. The quantitative estimate of drug-likeness (QED) is 0.729. The molecule has 3 aliphatic rings. The second kappa shape index (κ2) is 5.14.